The first-order valence-electron chi connectivity index (χ1n) is 5.57. The monoisotopic (exact) mass is 309 g/mol. The van der Waals surface area contributed by atoms with Crippen LogP contribution in [0.1, 0.15) is 0 Å². The average Bonchev–Trinajstić information content (AvgIpc) is 2.68. The summed E-state index contributed by atoms with van der Waals surface area (Å²) in [6, 6.07) is 0. The van der Waals surface area contributed by atoms with Gasteiger partial charge < -0.3 is 25.8 Å². The summed E-state index contributed by atoms with van der Waals surface area (Å²) in [6.45, 7) is -1.27. The highest BCUT2D eigenvalue weighted by Gasteiger charge is 2.58. The fraction of sp³-hybridized carbons (Fsp3) is 0.600. The molecule has 1 saturated heterocycles. The van der Waals surface area contributed by atoms with Crippen molar-refractivity contribution in [2.24, 2.45) is 0 Å². The molecule has 0 aliphatic carbocycles. The molecule has 2 heterocycles. The Hall–Kier alpha value is -1.26. The smallest absolute Gasteiger partial charge is 0.352 e. The van der Waals surface area contributed by atoms with Crippen LogP contribution in [0.3, 0.4) is 0 Å². The van der Waals surface area contributed by atoms with Gasteiger partial charge in [0.2, 0.25) is 0 Å². The Balaban J connectivity index is 2.53. The zero-order valence-electron chi connectivity index (χ0n) is 10.2. The van der Waals surface area contributed by atoms with E-state index in [0.29, 0.717) is 10.8 Å². The summed E-state index contributed by atoms with van der Waals surface area (Å²) in [6.07, 6.45) is -1.15. The zero-order chi connectivity index (χ0) is 15.1. The van der Waals surface area contributed by atoms with Gasteiger partial charge in [0.25, 0.3) is 0 Å². The minimum absolute atomic E-state index is 0.341. The van der Waals surface area contributed by atoms with Gasteiger partial charge in [-0.1, -0.05) is 0 Å². The molecule has 1 aromatic heterocycles. The standard InChI is InChI=1S/C10H13ClFN3O5/c11-2-9(3-16)7(17)10(19,4-20-9)15-1-5(12)6(13)14-8(15)18/h1,7,16-17,19H,2-4H2,(H2,13,14,18)/t7-,9-,10+/m1/s1. The number of nitrogen functional groups attached to an aromatic ring is 1. The van der Waals surface area contributed by atoms with Crippen LogP contribution in [0.2, 0.25) is 0 Å². The predicted molar refractivity (Wildman–Crippen MR) is 65.6 cm³/mol. The summed E-state index contributed by atoms with van der Waals surface area (Å²) in [5, 5.41) is 29.8. The van der Waals surface area contributed by atoms with Crippen LogP contribution in [0.15, 0.2) is 11.0 Å². The number of hydrogen-bond acceptors (Lipinski definition) is 7. The molecule has 5 N–H and O–H groups in total. The first-order chi connectivity index (χ1) is 9.30. The number of nitrogens with two attached hydrogens (primary N) is 1. The van der Waals surface area contributed by atoms with Crippen molar-refractivity contribution in [3.63, 3.8) is 0 Å². The molecule has 0 amide bonds. The molecule has 0 radical (unpaired) electrons. The zero-order valence-corrected chi connectivity index (χ0v) is 10.9. The second-order valence-electron chi connectivity index (χ2n) is 4.55. The summed E-state index contributed by atoms with van der Waals surface area (Å²) in [4.78, 5) is 14.9. The van der Waals surface area contributed by atoms with Crippen molar-refractivity contribution in [1.29, 1.82) is 0 Å². The minimum atomic E-state index is -2.31. The number of hydrogen-bond donors (Lipinski definition) is 4. The second-order valence-corrected chi connectivity index (χ2v) is 4.82. The Morgan fingerprint density at radius 3 is 2.85 bits per heavy atom. The fourth-order valence-corrected chi connectivity index (χ4v) is 2.35. The maximum absolute atomic E-state index is 13.4. The van der Waals surface area contributed by atoms with E-state index in [-0.39, 0.29) is 5.88 Å². The molecular weight excluding hydrogens is 297 g/mol. The lowest BCUT2D eigenvalue weighted by Gasteiger charge is -2.32. The molecule has 3 atom stereocenters. The van der Waals surface area contributed by atoms with Crippen molar-refractivity contribution < 1.29 is 24.4 Å². The van der Waals surface area contributed by atoms with E-state index in [1.54, 1.807) is 0 Å². The van der Waals surface area contributed by atoms with Crippen molar-refractivity contribution in [3.05, 3.63) is 22.5 Å². The summed E-state index contributed by atoms with van der Waals surface area (Å²) in [5.74, 6) is -2.02. The summed E-state index contributed by atoms with van der Waals surface area (Å²) in [5.41, 5.74) is 0.0954. The lowest BCUT2D eigenvalue weighted by molar-refractivity contribution is -0.130. The van der Waals surface area contributed by atoms with Crippen LogP contribution in [-0.4, -0.2) is 55.7 Å². The van der Waals surface area contributed by atoms with Crippen LogP contribution in [0.25, 0.3) is 0 Å². The number of aromatic nitrogens is 2. The molecule has 10 heteroatoms. The van der Waals surface area contributed by atoms with Crippen LogP contribution >= 0.6 is 11.6 Å². The van der Waals surface area contributed by atoms with Gasteiger partial charge >= 0.3 is 5.69 Å². The Morgan fingerprint density at radius 1 is 1.70 bits per heavy atom. The van der Waals surface area contributed by atoms with Crippen LogP contribution < -0.4 is 11.4 Å². The van der Waals surface area contributed by atoms with Gasteiger partial charge in [-0.25, -0.2) is 9.18 Å². The maximum atomic E-state index is 13.4. The van der Waals surface area contributed by atoms with E-state index in [2.05, 4.69) is 4.98 Å². The Morgan fingerprint density at radius 2 is 2.35 bits per heavy atom. The lowest BCUT2D eigenvalue weighted by atomic mass is 9.94. The normalized spacial score (nSPS) is 33.5. The van der Waals surface area contributed by atoms with Crippen LogP contribution in [-0.2, 0) is 10.5 Å². The van der Waals surface area contributed by atoms with E-state index in [1.807, 2.05) is 0 Å². The molecule has 0 aromatic carbocycles. The number of aliphatic hydroxyl groups excluding tert-OH is 2. The van der Waals surface area contributed by atoms with Gasteiger partial charge in [-0.3, -0.25) is 4.57 Å². The molecular formula is C10H13ClFN3O5. The number of aliphatic hydroxyl groups is 3. The molecule has 1 aliphatic rings. The van der Waals surface area contributed by atoms with E-state index in [1.165, 1.54) is 0 Å². The van der Waals surface area contributed by atoms with Gasteiger partial charge in [0.05, 0.1) is 25.3 Å². The van der Waals surface area contributed by atoms with Gasteiger partial charge in [0, 0.05) is 0 Å². The molecule has 0 unspecified atom stereocenters. The summed E-state index contributed by atoms with van der Waals surface area (Å²) in [7, 11) is 0. The van der Waals surface area contributed by atoms with Crippen molar-refractivity contribution in [1.82, 2.24) is 9.55 Å². The van der Waals surface area contributed by atoms with Crippen molar-refractivity contribution in [3.8, 4) is 0 Å². The number of ether oxygens (including phenoxy) is 1. The largest absolute Gasteiger partial charge is 0.393 e. The van der Waals surface area contributed by atoms with Gasteiger partial charge in [0.1, 0.15) is 11.7 Å². The number of alkyl halides is 1. The van der Waals surface area contributed by atoms with Crippen LogP contribution in [0.4, 0.5) is 10.2 Å². The lowest BCUT2D eigenvalue weighted by Crippen LogP contribution is -2.57. The molecule has 2 rings (SSSR count). The van der Waals surface area contributed by atoms with Gasteiger partial charge in [-0.15, -0.1) is 11.6 Å². The molecule has 1 aliphatic heterocycles. The summed E-state index contributed by atoms with van der Waals surface area (Å²) < 4.78 is 19.0. The van der Waals surface area contributed by atoms with Gasteiger partial charge in [-0.05, 0) is 0 Å². The highest BCUT2D eigenvalue weighted by atomic mass is 35.5. The number of rotatable bonds is 3. The van der Waals surface area contributed by atoms with E-state index >= 15 is 0 Å². The SMILES string of the molecule is Nc1nc(=O)n([C@]2(O)CO[C@@](CO)(CCl)[C@H]2O)cc1F. The molecule has 20 heavy (non-hydrogen) atoms. The van der Waals surface area contributed by atoms with E-state index in [0.717, 1.165) is 0 Å². The fourth-order valence-electron chi connectivity index (χ4n) is 2.04. The molecule has 1 aromatic rings. The molecule has 1 fully saturated rings. The third kappa shape index (κ3) is 1.98. The number of nitrogens with zero attached hydrogens (tertiary/aromatic N) is 2. The third-order valence-electron chi connectivity index (χ3n) is 3.33. The number of anilines is 1. The van der Waals surface area contributed by atoms with E-state index in [9.17, 15) is 24.5 Å². The highest BCUT2D eigenvalue weighted by molar-refractivity contribution is 6.18. The second kappa shape index (κ2) is 4.93. The minimum Gasteiger partial charge on any atom is -0.393 e. The van der Waals surface area contributed by atoms with Crippen molar-refractivity contribution >= 4 is 17.4 Å². The van der Waals surface area contributed by atoms with Crippen LogP contribution in [0.5, 0.6) is 0 Å². The Bertz CT molecular complexity index is 579. The quantitative estimate of drug-likeness (QED) is 0.474. The number of halogens is 2. The Kier molecular flexibility index (Phi) is 3.73. The topological polar surface area (TPSA) is 131 Å². The first-order valence-corrected chi connectivity index (χ1v) is 6.10. The van der Waals surface area contributed by atoms with Crippen molar-refractivity contribution in [2.75, 3.05) is 24.8 Å². The highest BCUT2D eigenvalue weighted by Crippen LogP contribution is 2.37. The molecule has 8 nitrogen and oxygen atoms in total. The Labute approximate surface area is 117 Å². The molecule has 112 valence electrons. The van der Waals surface area contributed by atoms with E-state index < -0.39 is 48.0 Å². The summed E-state index contributed by atoms with van der Waals surface area (Å²) >= 11 is 5.62. The average molecular weight is 310 g/mol. The third-order valence-corrected chi connectivity index (χ3v) is 3.78. The molecule has 0 bridgehead atoms. The van der Waals surface area contributed by atoms with Gasteiger partial charge in [-0.2, -0.15) is 4.98 Å². The molecule has 0 saturated carbocycles. The van der Waals surface area contributed by atoms with E-state index in [4.69, 9.17) is 22.1 Å². The molecule has 0 spiro atoms. The van der Waals surface area contributed by atoms with Gasteiger partial charge in [0.15, 0.2) is 17.4 Å². The van der Waals surface area contributed by atoms with Crippen LogP contribution in [0, 0.1) is 5.82 Å². The van der Waals surface area contributed by atoms with Crippen molar-refractivity contribution in [2.45, 2.75) is 17.4 Å². The maximum Gasteiger partial charge on any atom is 0.352 e. The predicted octanol–water partition coefficient (Wildman–Crippen LogP) is -2.03. The first kappa shape index (κ1) is 15.1.